The Bertz CT molecular complexity index is 375. The van der Waals surface area contributed by atoms with E-state index in [1.807, 2.05) is 6.92 Å². The Kier molecular flexibility index (Phi) is 5.62. The van der Waals surface area contributed by atoms with Gasteiger partial charge in [0.2, 0.25) is 0 Å². The predicted octanol–water partition coefficient (Wildman–Crippen LogP) is 3.43. The van der Waals surface area contributed by atoms with Crippen LogP contribution in [0, 0.1) is 12.7 Å². The van der Waals surface area contributed by atoms with Crippen molar-refractivity contribution in [3.8, 4) is 0 Å². The lowest BCUT2D eigenvalue weighted by Crippen LogP contribution is -2.34. The molecule has 0 aromatic heterocycles. The van der Waals surface area contributed by atoms with Gasteiger partial charge in [0.05, 0.1) is 0 Å². The molecule has 1 aromatic carbocycles. The molecule has 94 valence electrons. The summed E-state index contributed by atoms with van der Waals surface area (Å²) >= 11 is 3.35. The molecular formula is C13H17BrFNO. The molecule has 1 aromatic rings. The van der Waals surface area contributed by atoms with Gasteiger partial charge in [0.15, 0.2) is 0 Å². The Balaban J connectivity index is 2.75. The first-order chi connectivity index (χ1) is 8.06. The Labute approximate surface area is 110 Å². The van der Waals surface area contributed by atoms with Crippen LogP contribution in [0.5, 0.6) is 0 Å². The molecule has 1 unspecified atom stereocenters. The summed E-state index contributed by atoms with van der Waals surface area (Å²) in [5.74, 6) is -0.580. The fraction of sp³-hybridized carbons (Fsp3) is 0.462. The summed E-state index contributed by atoms with van der Waals surface area (Å²) in [4.78, 5) is 11.9. The molecule has 2 nitrogen and oxygen atoms in total. The van der Waals surface area contributed by atoms with Crippen LogP contribution < -0.4 is 5.32 Å². The molecule has 0 fully saturated rings. The lowest BCUT2D eigenvalue weighted by Gasteiger charge is -2.15. The first-order valence-corrected chi connectivity index (χ1v) is 6.83. The van der Waals surface area contributed by atoms with Crippen LogP contribution in [0.3, 0.4) is 0 Å². The van der Waals surface area contributed by atoms with E-state index in [0.717, 1.165) is 23.7 Å². The van der Waals surface area contributed by atoms with Crippen molar-refractivity contribution in [1.29, 1.82) is 0 Å². The van der Waals surface area contributed by atoms with Crippen LogP contribution in [0.2, 0.25) is 0 Å². The Morgan fingerprint density at radius 1 is 1.47 bits per heavy atom. The van der Waals surface area contributed by atoms with Crippen LogP contribution in [0.1, 0.15) is 35.7 Å². The average molecular weight is 302 g/mol. The smallest absolute Gasteiger partial charge is 0.251 e. The second kappa shape index (κ2) is 6.74. The molecular weight excluding hydrogens is 285 g/mol. The molecule has 0 saturated heterocycles. The van der Waals surface area contributed by atoms with Gasteiger partial charge in [-0.15, -0.1) is 0 Å². The number of hydrogen-bond donors (Lipinski definition) is 1. The summed E-state index contributed by atoms with van der Waals surface area (Å²) in [6.07, 6.45) is 1.74. The van der Waals surface area contributed by atoms with Gasteiger partial charge in [0.1, 0.15) is 5.82 Å². The first-order valence-electron chi connectivity index (χ1n) is 5.70. The summed E-state index contributed by atoms with van der Waals surface area (Å²) in [6.45, 7) is 3.79. The lowest BCUT2D eigenvalue weighted by atomic mass is 10.1. The SMILES string of the molecule is CCC(CCBr)NC(=O)c1cc(C)cc(F)c1. The standard InChI is InChI=1S/C13H17BrFNO/c1-3-12(4-5-14)16-13(17)10-6-9(2)7-11(15)8-10/h6-8,12H,3-5H2,1-2H3,(H,16,17). The van der Waals surface area contributed by atoms with Crippen molar-refractivity contribution < 1.29 is 9.18 Å². The molecule has 0 spiro atoms. The number of rotatable bonds is 5. The zero-order valence-corrected chi connectivity index (χ0v) is 11.7. The van der Waals surface area contributed by atoms with E-state index in [0.29, 0.717) is 5.56 Å². The van der Waals surface area contributed by atoms with Crippen molar-refractivity contribution in [3.63, 3.8) is 0 Å². The van der Waals surface area contributed by atoms with Gasteiger partial charge >= 0.3 is 0 Å². The van der Waals surface area contributed by atoms with Crippen molar-refractivity contribution in [3.05, 3.63) is 35.1 Å². The third kappa shape index (κ3) is 4.46. The molecule has 0 aliphatic rings. The van der Waals surface area contributed by atoms with Crippen molar-refractivity contribution in [2.75, 3.05) is 5.33 Å². The third-order valence-electron chi connectivity index (χ3n) is 2.59. The van der Waals surface area contributed by atoms with E-state index >= 15 is 0 Å². The molecule has 0 radical (unpaired) electrons. The van der Waals surface area contributed by atoms with E-state index < -0.39 is 0 Å². The number of benzene rings is 1. The summed E-state index contributed by atoms with van der Waals surface area (Å²) < 4.78 is 13.2. The molecule has 1 amide bonds. The third-order valence-corrected chi connectivity index (χ3v) is 3.05. The zero-order valence-electron chi connectivity index (χ0n) is 10.1. The van der Waals surface area contributed by atoms with Gasteiger partial charge in [-0.1, -0.05) is 22.9 Å². The van der Waals surface area contributed by atoms with Gasteiger partial charge in [0.25, 0.3) is 5.91 Å². The molecule has 0 aliphatic heterocycles. The highest BCUT2D eigenvalue weighted by atomic mass is 79.9. The largest absolute Gasteiger partial charge is 0.349 e. The highest BCUT2D eigenvalue weighted by molar-refractivity contribution is 9.09. The van der Waals surface area contributed by atoms with E-state index in [9.17, 15) is 9.18 Å². The van der Waals surface area contributed by atoms with Gasteiger partial charge in [-0.2, -0.15) is 0 Å². The number of aryl methyl sites for hydroxylation is 1. The van der Waals surface area contributed by atoms with E-state index in [-0.39, 0.29) is 17.8 Å². The zero-order chi connectivity index (χ0) is 12.8. The number of carbonyl (C=O) groups is 1. The molecule has 17 heavy (non-hydrogen) atoms. The first kappa shape index (κ1) is 14.2. The topological polar surface area (TPSA) is 29.1 Å². The van der Waals surface area contributed by atoms with Crippen LogP contribution in [0.25, 0.3) is 0 Å². The Morgan fingerprint density at radius 3 is 2.71 bits per heavy atom. The van der Waals surface area contributed by atoms with Crippen molar-refractivity contribution in [2.45, 2.75) is 32.7 Å². The van der Waals surface area contributed by atoms with Gasteiger partial charge in [0, 0.05) is 16.9 Å². The van der Waals surface area contributed by atoms with Gasteiger partial charge in [-0.3, -0.25) is 4.79 Å². The molecule has 4 heteroatoms. The monoisotopic (exact) mass is 301 g/mol. The molecule has 0 bridgehead atoms. The summed E-state index contributed by atoms with van der Waals surface area (Å²) in [7, 11) is 0. The number of hydrogen-bond acceptors (Lipinski definition) is 1. The quantitative estimate of drug-likeness (QED) is 0.830. The van der Waals surface area contributed by atoms with Gasteiger partial charge in [-0.25, -0.2) is 4.39 Å². The van der Waals surface area contributed by atoms with Crippen LogP contribution in [0.4, 0.5) is 4.39 Å². The maximum atomic E-state index is 13.2. The van der Waals surface area contributed by atoms with Gasteiger partial charge < -0.3 is 5.32 Å². The maximum Gasteiger partial charge on any atom is 0.251 e. The number of halogens is 2. The van der Waals surface area contributed by atoms with Crippen molar-refractivity contribution in [1.82, 2.24) is 5.32 Å². The molecule has 0 heterocycles. The Hall–Kier alpha value is -0.900. The minimum absolute atomic E-state index is 0.130. The van der Waals surface area contributed by atoms with Crippen LogP contribution >= 0.6 is 15.9 Å². The van der Waals surface area contributed by atoms with E-state index in [1.165, 1.54) is 12.1 Å². The Morgan fingerprint density at radius 2 is 2.18 bits per heavy atom. The minimum atomic E-state index is -0.372. The van der Waals surface area contributed by atoms with Crippen LogP contribution in [0.15, 0.2) is 18.2 Å². The van der Waals surface area contributed by atoms with Crippen molar-refractivity contribution >= 4 is 21.8 Å². The fourth-order valence-corrected chi connectivity index (χ4v) is 2.20. The number of amides is 1. The summed E-state index contributed by atoms with van der Waals surface area (Å²) in [5.41, 5.74) is 1.14. The molecule has 1 rings (SSSR count). The van der Waals surface area contributed by atoms with Crippen LogP contribution in [-0.4, -0.2) is 17.3 Å². The summed E-state index contributed by atoms with van der Waals surface area (Å²) in [6, 6.07) is 4.50. The van der Waals surface area contributed by atoms with Gasteiger partial charge in [-0.05, 0) is 43.5 Å². The maximum absolute atomic E-state index is 13.2. The molecule has 0 aliphatic carbocycles. The predicted molar refractivity (Wildman–Crippen MR) is 71.1 cm³/mol. The highest BCUT2D eigenvalue weighted by Gasteiger charge is 2.12. The minimum Gasteiger partial charge on any atom is -0.349 e. The fourth-order valence-electron chi connectivity index (χ4n) is 1.65. The number of nitrogens with one attached hydrogen (secondary N) is 1. The highest BCUT2D eigenvalue weighted by Crippen LogP contribution is 2.09. The van der Waals surface area contributed by atoms with E-state index in [2.05, 4.69) is 21.2 Å². The molecule has 1 N–H and O–H groups in total. The van der Waals surface area contributed by atoms with E-state index in [1.54, 1.807) is 13.0 Å². The second-order valence-corrected chi connectivity index (χ2v) is 4.87. The molecule has 0 saturated carbocycles. The number of carbonyl (C=O) groups excluding carboxylic acids is 1. The molecule has 1 atom stereocenters. The normalized spacial score (nSPS) is 12.2. The average Bonchev–Trinajstić information content (AvgIpc) is 2.27. The van der Waals surface area contributed by atoms with Crippen LogP contribution in [-0.2, 0) is 0 Å². The summed E-state index contributed by atoms with van der Waals surface area (Å²) in [5, 5.41) is 3.74. The van der Waals surface area contributed by atoms with Crippen molar-refractivity contribution in [2.24, 2.45) is 0 Å². The van der Waals surface area contributed by atoms with E-state index in [4.69, 9.17) is 0 Å². The lowest BCUT2D eigenvalue weighted by molar-refractivity contribution is 0.0934. The second-order valence-electron chi connectivity index (χ2n) is 4.07. The number of alkyl halides is 1.